The molecule has 0 spiro atoms. The van der Waals surface area contributed by atoms with E-state index in [4.69, 9.17) is 5.73 Å². The molecule has 16 heteroatoms. The van der Waals surface area contributed by atoms with Gasteiger partial charge < -0.3 is 26.6 Å². The second-order valence-corrected chi connectivity index (χ2v) is 19.4. The lowest BCUT2D eigenvalue weighted by atomic mass is 9.79. The number of fused-ring (bicyclic) bond motifs is 2. The molecule has 5 N–H and O–H groups in total. The summed E-state index contributed by atoms with van der Waals surface area (Å²) in [5.74, 6) is -5.38. The van der Waals surface area contributed by atoms with Crippen LogP contribution in [0, 0.1) is 24.7 Å². The monoisotopic (exact) mass is 897 g/mol. The van der Waals surface area contributed by atoms with E-state index in [1.807, 2.05) is 0 Å². The molecular weight excluding hydrogens is 839 g/mol. The molecule has 1 fully saturated rings. The van der Waals surface area contributed by atoms with Gasteiger partial charge in [-0.2, -0.15) is 0 Å². The normalized spacial score (nSPS) is 16.6. The van der Waals surface area contributed by atoms with Crippen LogP contribution in [0.4, 0.5) is 5.69 Å². The number of carbonyl (C=O) groups is 8. The van der Waals surface area contributed by atoms with Gasteiger partial charge in [-0.1, -0.05) is 70.2 Å². The van der Waals surface area contributed by atoms with E-state index in [-0.39, 0.29) is 106 Å². The van der Waals surface area contributed by atoms with E-state index in [0.717, 1.165) is 0 Å². The summed E-state index contributed by atoms with van der Waals surface area (Å²) >= 11 is 0. The molecule has 0 saturated carbocycles. The number of benzene rings is 3. The van der Waals surface area contributed by atoms with Gasteiger partial charge in [-0.15, -0.1) is 0 Å². The number of likely N-dealkylation sites (tertiary alicyclic amines) is 1. The molecule has 0 radical (unpaired) electrons. The number of nitrogen functional groups attached to an aromatic ring is 1. The Balaban J connectivity index is 1.16. The van der Waals surface area contributed by atoms with E-state index < -0.39 is 57.4 Å². The van der Waals surface area contributed by atoms with Crippen LogP contribution >= 0.6 is 0 Å². The minimum atomic E-state index is -3.93. The summed E-state index contributed by atoms with van der Waals surface area (Å²) in [7, 11) is -3.93. The van der Waals surface area contributed by atoms with Gasteiger partial charge in [-0.05, 0) is 74.8 Å². The topological polar surface area (TPSA) is 236 Å². The maximum atomic E-state index is 13.7. The highest BCUT2D eigenvalue weighted by Gasteiger charge is 2.39. The molecule has 3 aromatic rings. The smallest absolute Gasteiger partial charge is 0.242 e. The van der Waals surface area contributed by atoms with Crippen LogP contribution in [-0.4, -0.2) is 97.0 Å². The fourth-order valence-electron chi connectivity index (χ4n) is 8.34. The molecule has 1 aliphatic carbocycles. The first-order valence-electron chi connectivity index (χ1n) is 21.8. The Morgan fingerprint density at radius 2 is 1.48 bits per heavy atom. The summed E-state index contributed by atoms with van der Waals surface area (Å²) in [4.78, 5) is 107. The fourth-order valence-corrected chi connectivity index (χ4v) is 9.57. The Morgan fingerprint density at radius 1 is 0.828 bits per heavy atom. The minimum Gasteiger partial charge on any atom is -0.398 e. The molecule has 4 amide bonds. The Kier molecular flexibility index (Phi) is 15.8. The van der Waals surface area contributed by atoms with Crippen LogP contribution in [0.1, 0.15) is 122 Å². The maximum absolute atomic E-state index is 13.7. The molecule has 5 rings (SSSR count). The highest BCUT2D eigenvalue weighted by molar-refractivity contribution is 7.91. The van der Waals surface area contributed by atoms with Gasteiger partial charge >= 0.3 is 0 Å². The molecule has 64 heavy (non-hydrogen) atoms. The van der Waals surface area contributed by atoms with E-state index in [1.165, 1.54) is 24.0 Å². The molecule has 1 heterocycles. The average molecular weight is 898 g/mol. The van der Waals surface area contributed by atoms with Crippen molar-refractivity contribution in [3.8, 4) is 0 Å². The predicted molar refractivity (Wildman–Crippen MR) is 240 cm³/mol. The van der Waals surface area contributed by atoms with Crippen molar-refractivity contribution in [2.75, 3.05) is 24.6 Å². The summed E-state index contributed by atoms with van der Waals surface area (Å²) in [6.45, 7) is 11.7. The second-order valence-electron chi connectivity index (χ2n) is 17.3. The van der Waals surface area contributed by atoms with Crippen LogP contribution in [0.25, 0.3) is 0 Å². The number of carbonyl (C=O) groups excluding carboxylic acids is 8. The van der Waals surface area contributed by atoms with Crippen LogP contribution in [0.3, 0.4) is 0 Å². The zero-order valence-electron chi connectivity index (χ0n) is 37.5. The van der Waals surface area contributed by atoms with E-state index in [1.54, 1.807) is 84.0 Å². The van der Waals surface area contributed by atoms with Crippen LogP contribution in [0.5, 0.6) is 0 Å². The average Bonchev–Trinajstić information content (AvgIpc) is 3.75. The summed E-state index contributed by atoms with van der Waals surface area (Å²) in [5.41, 5.74) is 9.17. The molecule has 1 aliphatic heterocycles. The maximum Gasteiger partial charge on any atom is 0.242 e. The predicted octanol–water partition coefficient (Wildman–Crippen LogP) is 4.07. The van der Waals surface area contributed by atoms with Crippen LogP contribution in [-0.2, 0) is 45.0 Å². The third-order valence-corrected chi connectivity index (χ3v) is 13.9. The minimum absolute atomic E-state index is 0.00343. The summed E-state index contributed by atoms with van der Waals surface area (Å²) in [6.07, 6.45) is 1.07. The first-order chi connectivity index (χ1) is 30.2. The van der Waals surface area contributed by atoms with Gasteiger partial charge in [0.1, 0.15) is 6.04 Å². The molecular formula is C48H59N5O10S. The van der Waals surface area contributed by atoms with Crippen molar-refractivity contribution in [1.29, 1.82) is 0 Å². The third kappa shape index (κ3) is 11.0. The van der Waals surface area contributed by atoms with Crippen molar-refractivity contribution in [1.82, 2.24) is 20.9 Å². The number of nitrogens with zero attached hydrogens (tertiary/aromatic N) is 1. The summed E-state index contributed by atoms with van der Waals surface area (Å²) < 4.78 is 27.0. The largest absolute Gasteiger partial charge is 0.398 e. The van der Waals surface area contributed by atoms with Crippen molar-refractivity contribution in [3.63, 3.8) is 0 Å². The number of amides is 4. The molecule has 0 aromatic heterocycles. The number of hydrogen-bond donors (Lipinski definition) is 4. The van der Waals surface area contributed by atoms with Crippen molar-refractivity contribution in [2.24, 2.45) is 17.8 Å². The Morgan fingerprint density at radius 3 is 2.12 bits per heavy atom. The van der Waals surface area contributed by atoms with E-state index >= 15 is 0 Å². The highest BCUT2D eigenvalue weighted by atomic mass is 32.2. The molecule has 15 nitrogen and oxygen atoms in total. The molecule has 3 aromatic carbocycles. The van der Waals surface area contributed by atoms with Crippen LogP contribution < -0.4 is 21.7 Å². The van der Waals surface area contributed by atoms with Gasteiger partial charge in [0, 0.05) is 66.6 Å². The van der Waals surface area contributed by atoms with E-state index in [9.17, 15) is 46.8 Å². The highest BCUT2D eigenvalue weighted by Crippen LogP contribution is 2.36. The molecule has 5 atom stereocenters. The Labute approximate surface area is 374 Å². The van der Waals surface area contributed by atoms with Gasteiger partial charge in [0.15, 0.2) is 33.0 Å². The zero-order valence-corrected chi connectivity index (χ0v) is 38.4. The van der Waals surface area contributed by atoms with Crippen LogP contribution in [0.15, 0.2) is 59.5 Å². The zero-order chi connectivity index (χ0) is 47.2. The molecule has 5 unspecified atom stereocenters. The number of anilines is 1. The number of nitrogens with two attached hydrogens (primary N) is 1. The summed E-state index contributed by atoms with van der Waals surface area (Å²) in [6, 6.07) is 11.9. The van der Waals surface area contributed by atoms with Gasteiger partial charge in [0.2, 0.25) is 23.6 Å². The third-order valence-electron chi connectivity index (χ3n) is 12.2. The SMILES string of the molecule is CCC(=O)NC(C)C(=O)CC(C)C(=O)N1CCCC1C(=O)CC(C(=O)NC(C)C(=O)NCCS(=O)(=O)c1cccc(Cc2cc(C)c(N)c3c2C(=O)c2ccccc2C3=O)c1)C(C)C. The van der Waals surface area contributed by atoms with Crippen LogP contribution in [0.2, 0.25) is 0 Å². The Bertz CT molecular complexity index is 2480. The van der Waals surface area contributed by atoms with Gasteiger partial charge in [-0.25, -0.2) is 8.42 Å². The standard InChI is InChI=1S/C48H59N5O10S/c1-8-40(56)51-29(6)38(54)22-28(5)48(61)53-19-12-17-37(53)39(55)25-36(26(2)3)47(60)52-30(7)46(59)50-18-20-64(62,63)33-14-11-13-31(24-33)23-32-21-27(4)43(49)42-41(32)44(57)34-15-9-10-16-35(34)45(42)58/h9-11,13-16,21,24,26,28-30,36-37H,8,12,17-20,22-23,25,49H2,1-7H3,(H,50,59)(H,51,56)(H,52,60). The quantitative estimate of drug-likeness (QED) is 0.0980. The lowest BCUT2D eigenvalue weighted by molar-refractivity contribution is -0.143. The van der Waals surface area contributed by atoms with Crippen molar-refractivity contribution >= 4 is 62.3 Å². The number of nitrogens with one attached hydrogen (secondary N) is 3. The summed E-state index contributed by atoms with van der Waals surface area (Å²) in [5, 5.41) is 7.84. The van der Waals surface area contributed by atoms with Crippen molar-refractivity contribution in [2.45, 2.75) is 110 Å². The van der Waals surface area contributed by atoms with Gasteiger partial charge in [-0.3, -0.25) is 38.4 Å². The molecule has 1 saturated heterocycles. The number of aryl methyl sites for hydroxylation is 1. The fraction of sp³-hybridized carbons (Fsp3) is 0.458. The lowest BCUT2D eigenvalue weighted by Gasteiger charge is -2.29. The molecule has 0 bridgehead atoms. The molecule has 2 aliphatic rings. The number of ketones is 4. The van der Waals surface area contributed by atoms with Crippen molar-refractivity contribution in [3.05, 3.63) is 93.5 Å². The lowest BCUT2D eigenvalue weighted by Crippen LogP contribution is -2.49. The first-order valence-corrected chi connectivity index (χ1v) is 23.5. The van der Waals surface area contributed by atoms with E-state index in [2.05, 4.69) is 16.0 Å². The van der Waals surface area contributed by atoms with Crippen molar-refractivity contribution < 1.29 is 46.8 Å². The first kappa shape index (κ1) is 49.0. The number of sulfone groups is 1. The number of hydrogen-bond acceptors (Lipinski definition) is 11. The number of Topliss-reactive ketones (excluding diaryl/α,β-unsaturated/α-hetero) is 2. The Hall–Kier alpha value is -6.03. The van der Waals surface area contributed by atoms with E-state index in [0.29, 0.717) is 36.1 Å². The van der Waals surface area contributed by atoms with Gasteiger partial charge in [0.05, 0.1) is 28.3 Å². The van der Waals surface area contributed by atoms with Gasteiger partial charge in [0.25, 0.3) is 0 Å². The number of rotatable bonds is 19. The molecule has 342 valence electrons. The second kappa shape index (κ2) is 20.6.